The summed E-state index contributed by atoms with van der Waals surface area (Å²) in [4.78, 5) is 4.81. The zero-order valence-electron chi connectivity index (χ0n) is 21.7. The number of aromatic hydroxyl groups is 1. The normalized spacial score (nSPS) is 16.4. The summed E-state index contributed by atoms with van der Waals surface area (Å²) in [6.45, 7) is 9.51. The van der Waals surface area contributed by atoms with Crippen LogP contribution in [-0.4, -0.2) is 45.4 Å². The van der Waals surface area contributed by atoms with Crippen LogP contribution in [-0.2, 0) is 6.67 Å². The topological polar surface area (TPSA) is 68.4 Å². The molecule has 4 aromatic rings. The Morgan fingerprint density at radius 1 is 1.08 bits per heavy atom. The molecule has 1 saturated heterocycles. The maximum Gasteiger partial charge on any atom is 0.221 e. The number of thiocarbonyl (C=S) groups is 1. The number of nitrogens with one attached hydrogen (secondary N) is 1. The van der Waals surface area contributed by atoms with Gasteiger partial charge in [0.15, 0.2) is 5.69 Å². The first-order valence-electron chi connectivity index (χ1n) is 12.7. The lowest BCUT2D eigenvalue weighted by Gasteiger charge is -2.41. The minimum absolute atomic E-state index is 0.0745. The molecule has 0 spiro atoms. The minimum Gasteiger partial charge on any atom is -0.493 e. The van der Waals surface area contributed by atoms with Crippen LogP contribution in [0.3, 0.4) is 0 Å². The Labute approximate surface area is 233 Å². The van der Waals surface area contributed by atoms with Gasteiger partial charge in [0.05, 0.1) is 12.2 Å². The van der Waals surface area contributed by atoms with Gasteiger partial charge in [0, 0.05) is 47.5 Å². The van der Waals surface area contributed by atoms with Gasteiger partial charge in [-0.15, -0.1) is 10.2 Å². The maximum atomic E-state index is 11.2. The van der Waals surface area contributed by atoms with Crippen LogP contribution in [0, 0.1) is 13.8 Å². The minimum atomic E-state index is 0.0745. The second kappa shape index (κ2) is 11.1. The molecule has 38 heavy (non-hydrogen) atoms. The van der Waals surface area contributed by atoms with E-state index < -0.39 is 0 Å². The fourth-order valence-corrected chi connectivity index (χ4v) is 5.37. The summed E-state index contributed by atoms with van der Waals surface area (Å²) >= 11 is 11.6. The van der Waals surface area contributed by atoms with E-state index in [-0.39, 0.29) is 11.0 Å². The van der Waals surface area contributed by atoms with Crippen LogP contribution in [0.2, 0.25) is 5.02 Å². The lowest BCUT2D eigenvalue weighted by atomic mass is 10.1. The van der Waals surface area contributed by atoms with Crippen molar-refractivity contribution < 1.29 is 5.11 Å². The largest absolute Gasteiger partial charge is 0.493 e. The Balaban J connectivity index is 1.34. The van der Waals surface area contributed by atoms with Crippen molar-refractivity contribution in [1.29, 1.82) is 0 Å². The Morgan fingerprint density at radius 2 is 1.87 bits per heavy atom. The first kappa shape index (κ1) is 26.2. The van der Waals surface area contributed by atoms with E-state index in [2.05, 4.69) is 63.5 Å². The number of aromatic nitrogens is 1. The second-order valence-electron chi connectivity index (χ2n) is 9.76. The lowest BCUT2D eigenvalue weighted by molar-refractivity contribution is 0.179. The summed E-state index contributed by atoms with van der Waals surface area (Å²) in [5.41, 5.74) is 5.47. The number of halogens is 1. The fourth-order valence-electron chi connectivity index (χ4n) is 5.04. The molecular weight excluding hydrogens is 516 g/mol. The number of nitrogens with zero attached hydrogens (tertiary/aromatic N) is 5. The quantitative estimate of drug-likeness (QED) is 0.203. The van der Waals surface area contributed by atoms with Crippen LogP contribution in [0.5, 0.6) is 5.88 Å². The molecule has 0 unspecified atom stereocenters. The molecule has 0 bridgehead atoms. The Bertz CT molecular complexity index is 1520. The molecule has 1 aliphatic rings. The monoisotopic (exact) mass is 546 g/mol. The van der Waals surface area contributed by atoms with Crippen molar-refractivity contribution in [3.8, 4) is 5.88 Å². The van der Waals surface area contributed by atoms with Crippen molar-refractivity contribution in [2.24, 2.45) is 10.2 Å². The standard InChI is InChI=1S/C29H31ClN6OS/c1-19-8-6-9-22(16-19)35-15-14-34(17-20(35)2)18-36-26-13-5-4-10-23(26)27(28(36)37)32-33-29(38)31-25-12-7-11-24(30)21(25)3/h4-13,16,20,37H,14-15,17-18H2,1-3H3,(H,31,38)/t20-/m0/s1. The highest BCUT2D eigenvalue weighted by molar-refractivity contribution is 7.80. The van der Waals surface area contributed by atoms with Crippen LogP contribution in [0.1, 0.15) is 18.1 Å². The molecule has 3 aromatic carbocycles. The first-order valence-corrected chi connectivity index (χ1v) is 13.4. The summed E-state index contributed by atoms with van der Waals surface area (Å²) in [5.74, 6) is 0.0745. The van der Waals surface area contributed by atoms with Gasteiger partial charge in [0.1, 0.15) is 0 Å². The highest BCUT2D eigenvalue weighted by atomic mass is 35.5. The van der Waals surface area contributed by atoms with Crippen molar-refractivity contribution in [3.63, 3.8) is 0 Å². The molecule has 1 aromatic heterocycles. The summed E-state index contributed by atoms with van der Waals surface area (Å²) in [7, 11) is 0. The molecular formula is C29H31ClN6OS. The summed E-state index contributed by atoms with van der Waals surface area (Å²) < 4.78 is 1.90. The summed E-state index contributed by atoms with van der Waals surface area (Å²) in [5, 5.41) is 24.5. The fraction of sp³-hybridized carbons (Fsp3) is 0.276. The Kier molecular flexibility index (Phi) is 7.65. The molecule has 2 heterocycles. The molecule has 0 saturated carbocycles. The number of anilines is 2. The van der Waals surface area contributed by atoms with Gasteiger partial charge in [0.25, 0.3) is 0 Å². The third-order valence-corrected chi connectivity index (χ3v) is 7.65. The van der Waals surface area contributed by atoms with Gasteiger partial charge in [-0.05, 0) is 74.4 Å². The van der Waals surface area contributed by atoms with Crippen LogP contribution >= 0.6 is 23.8 Å². The number of hydrogen-bond donors (Lipinski definition) is 2. The van der Waals surface area contributed by atoms with Crippen molar-refractivity contribution >= 4 is 56.9 Å². The Morgan fingerprint density at radius 3 is 2.66 bits per heavy atom. The van der Waals surface area contributed by atoms with Gasteiger partial charge < -0.3 is 15.3 Å². The van der Waals surface area contributed by atoms with Gasteiger partial charge in [-0.2, -0.15) is 0 Å². The predicted molar refractivity (Wildman–Crippen MR) is 160 cm³/mol. The van der Waals surface area contributed by atoms with Crippen molar-refractivity contribution in [2.45, 2.75) is 33.5 Å². The predicted octanol–water partition coefficient (Wildman–Crippen LogP) is 7.27. The average Bonchev–Trinajstić information content (AvgIpc) is 3.16. The summed E-state index contributed by atoms with van der Waals surface area (Å²) in [6.07, 6.45) is 0. The maximum absolute atomic E-state index is 11.2. The van der Waals surface area contributed by atoms with E-state index in [1.807, 2.05) is 54.0 Å². The molecule has 9 heteroatoms. The van der Waals surface area contributed by atoms with E-state index >= 15 is 0 Å². The molecule has 1 aliphatic heterocycles. The van der Waals surface area contributed by atoms with Crippen molar-refractivity contribution in [2.75, 3.05) is 29.9 Å². The van der Waals surface area contributed by atoms with E-state index in [0.29, 0.717) is 23.4 Å². The molecule has 196 valence electrons. The zero-order valence-corrected chi connectivity index (χ0v) is 23.3. The third kappa shape index (κ3) is 5.38. The molecule has 1 fully saturated rings. The van der Waals surface area contributed by atoms with Gasteiger partial charge in [-0.3, -0.25) is 9.47 Å². The van der Waals surface area contributed by atoms with Gasteiger partial charge in [0.2, 0.25) is 11.0 Å². The van der Waals surface area contributed by atoms with Crippen LogP contribution in [0.25, 0.3) is 10.9 Å². The van der Waals surface area contributed by atoms with Gasteiger partial charge in [-0.1, -0.05) is 48.0 Å². The molecule has 1 atom stereocenters. The number of azo groups is 1. The van der Waals surface area contributed by atoms with Crippen LogP contribution < -0.4 is 10.2 Å². The average molecular weight is 547 g/mol. The van der Waals surface area contributed by atoms with E-state index in [9.17, 15) is 5.11 Å². The van der Waals surface area contributed by atoms with E-state index in [1.54, 1.807) is 0 Å². The third-order valence-electron chi connectivity index (χ3n) is 7.05. The number of benzene rings is 3. The zero-order chi connectivity index (χ0) is 26.8. The Hall–Kier alpha value is -3.46. The van der Waals surface area contributed by atoms with Gasteiger partial charge >= 0.3 is 0 Å². The van der Waals surface area contributed by atoms with E-state index in [0.717, 1.165) is 41.8 Å². The van der Waals surface area contributed by atoms with Crippen LogP contribution in [0.15, 0.2) is 77.0 Å². The SMILES string of the molecule is Cc1cccc(N2CCN(Cn3c(O)c(N=NC(=S)Nc4cccc(Cl)c4C)c4ccccc43)C[C@@H]2C)c1. The lowest BCUT2D eigenvalue weighted by Crippen LogP contribution is -2.52. The number of rotatable bonds is 5. The molecule has 0 aliphatic carbocycles. The molecule has 7 nitrogen and oxygen atoms in total. The molecule has 5 rings (SSSR count). The summed E-state index contributed by atoms with van der Waals surface area (Å²) in [6, 6.07) is 22.4. The van der Waals surface area contributed by atoms with E-state index in [4.69, 9.17) is 23.8 Å². The molecule has 0 amide bonds. The number of aryl methyl sites for hydroxylation is 1. The highest BCUT2D eigenvalue weighted by Crippen LogP contribution is 2.39. The number of piperazine rings is 1. The number of hydrogen-bond acceptors (Lipinski definition) is 5. The second-order valence-corrected chi connectivity index (χ2v) is 10.6. The van der Waals surface area contributed by atoms with E-state index in [1.165, 1.54) is 11.3 Å². The van der Waals surface area contributed by atoms with Crippen molar-refractivity contribution in [1.82, 2.24) is 9.47 Å². The smallest absolute Gasteiger partial charge is 0.221 e. The van der Waals surface area contributed by atoms with Gasteiger partial charge in [-0.25, -0.2) is 0 Å². The molecule has 0 radical (unpaired) electrons. The first-order chi connectivity index (χ1) is 18.3. The number of fused-ring (bicyclic) bond motifs is 1. The molecule has 2 N–H and O–H groups in total. The number of para-hydroxylation sites is 1. The highest BCUT2D eigenvalue weighted by Gasteiger charge is 2.26. The van der Waals surface area contributed by atoms with Crippen LogP contribution in [0.4, 0.5) is 17.1 Å². The van der Waals surface area contributed by atoms with Crippen molar-refractivity contribution in [3.05, 3.63) is 82.9 Å².